The van der Waals surface area contributed by atoms with Crippen molar-refractivity contribution in [2.24, 2.45) is 10.8 Å². The zero-order valence-electron chi connectivity index (χ0n) is 53.4. The quantitative estimate of drug-likeness (QED) is 0.0789. The number of benzene rings is 8. The molecule has 0 aliphatic heterocycles. The van der Waals surface area contributed by atoms with Crippen LogP contribution in [0.5, 0.6) is 28.7 Å². The lowest BCUT2D eigenvalue weighted by atomic mass is 9.71. The molecule has 0 saturated carbocycles. The normalized spacial score (nSPS) is 12.6. The van der Waals surface area contributed by atoms with Gasteiger partial charge in [0, 0.05) is 50.2 Å². The van der Waals surface area contributed by atoms with Gasteiger partial charge in [0.15, 0.2) is 11.6 Å². The first-order valence-electron chi connectivity index (χ1n) is 30.9. The predicted octanol–water partition coefficient (Wildman–Crippen LogP) is 20.6. The van der Waals surface area contributed by atoms with Crippen molar-refractivity contribution in [2.75, 3.05) is 20.3 Å². The van der Waals surface area contributed by atoms with E-state index in [2.05, 4.69) is 203 Å². The fraction of sp³-hybridized carbons (Fsp3) is 0.377. The molecule has 8 aromatic carbocycles. The lowest BCUT2D eigenvalue weighted by molar-refractivity contribution is 0.242. The van der Waals surface area contributed by atoms with Crippen LogP contribution in [0, 0.1) is 23.6 Å². The summed E-state index contributed by atoms with van der Waals surface area (Å²) in [7, 11) is 1.65. The van der Waals surface area contributed by atoms with Crippen molar-refractivity contribution in [1.29, 1.82) is 0 Å². The number of aryl methyl sites for hydroxylation is 5. The molecule has 10 rings (SSSR count). The van der Waals surface area contributed by atoms with Crippen molar-refractivity contribution in [3.63, 3.8) is 0 Å². The highest BCUT2D eigenvalue weighted by atomic mass is 19.1. The summed E-state index contributed by atoms with van der Waals surface area (Å²) < 4.78 is 40.6. The van der Waals surface area contributed by atoms with Gasteiger partial charge in [0.05, 0.1) is 53.8 Å². The smallest absolute Gasteiger partial charge is 0.165 e. The summed E-state index contributed by atoms with van der Waals surface area (Å²) in [5.74, 6) is 0.932. The maximum absolute atomic E-state index is 16.9. The Bertz CT molecular complexity index is 4040. The van der Waals surface area contributed by atoms with Crippen molar-refractivity contribution < 1.29 is 28.8 Å². The number of aromatic nitrogens is 2. The Labute approximate surface area is 504 Å². The van der Waals surface area contributed by atoms with Crippen molar-refractivity contribution in [2.45, 2.75) is 160 Å². The van der Waals surface area contributed by atoms with Crippen LogP contribution in [0.4, 0.5) is 4.39 Å². The van der Waals surface area contributed by atoms with Crippen LogP contribution in [0.25, 0.3) is 77.2 Å². The van der Waals surface area contributed by atoms with E-state index in [4.69, 9.17) is 14.2 Å². The van der Waals surface area contributed by atoms with Crippen LogP contribution in [-0.4, -0.2) is 39.7 Å². The molecular formula is C77H89FN2O5. The third kappa shape index (κ3) is 12.0. The number of methoxy groups -OCH3 is 1. The molecule has 0 aliphatic rings. The molecule has 85 heavy (non-hydrogen) atoms. The van der Waals surface area contributed by atoms with Gasteiger partial charge in [-0.25, -0.2) is 4.39 Å². The number of hydrogen-bond acceptors (Lipinski definition) is 5. The average molecular weight is 1140 g/mol. The molecule has 10 aromatic rings. The molecule has 8 heteroatoms. The molecule has 2 heterocycles. The van der Waals surface area contributed by atoms with E-state index in [0.29, 0.717) is 57.1 Å². The molecule has 2 aromatic heterocycles. The van der Waals surface area contributed by atoms with Gasteiger partial charge in [-0.15, -0.1) is 0 Å². The molecule has 444 valence electrons. The Balaban J connectivity index is 1.04. The molecule has 2 N–H and O–H groups in total. The Morgan fingerprint density at radius 3 is 1.24 bits per heavy atom. The van der Waals surface area contributed by atoms with E-state index in [1.807, 2.05) is 31.2 Å². The molecule has 0 saturated heterocycles. The van der Waals surface area contributed by atoms with Crippen molar-refractivity contribution in [3.8, 4) is 62.4 Å². The fourth-order valence-corrected chi connectivity index (χ4v) is 13.7. The number of halogens is 1. The lowest BCUT2D eigenvalue weighted by Crippen LogP contribution is -2.25. The first-order chi connectivity index (χ1) is 40.3. The van der Waals surface area contributed by atoms with E-state index in [0.717, 1.165) is 93.3 Å². The third-order valence-corrected chi connectivity index (χ3v) is 17.3. The minimum atomic E-state index is -0.508. The van der Waals surface area contributed by atoms with Gasteiger partial charge in [0.25, 0.3) is 0 Å². The Kier molecular flexibility index (Phi) is 16.5. The van der Waals surface area contributed by atoms with Crippen LogP contribution in [-0.2, 0) is 36.5 Å². The summed E-state index contributed by atoms with van der Waals surface area (Å²) >= 11 is 0. The van der Waals surface area contributed by atoms with Crippen LogP contribution >= 0.6 is 0 Å². The summed E-state index contributed by atoms with van der Waals surface area (Å²) in [5.41, 5.74) is 14.7. The van der Waals surface area contributed by atoms with Crippen molar-refractivity contribution >= 4 is 43.6 Å². The second-order valence-corrected chi connectivity index (χ2v) is 27.6. The number of nitrogens with zero attached hydrogens (tertiary/aromatic N) is 2. The predicted molar refractivity (Wildman–Crippen MR) is 354 cm³/mol. The molecule has 0 fully saturated rings. The van der Waals surface area contributed by atoms with Gasteiger partial charge in [-0.2, -0.15) is 0 Å². The van der Waals surface area contributed by atoms with Gasteiger partial charge in [-0.1, -0.05) is 145 Å². The Morgan fingerprint density at radius 1 is 0.447 bits per heavy atom. The minimum absolute atomic E-state index is 0.0107. The van der Waals surface area contributed by atoms with Gasteiger partial charge in [-0.3, -0.25) is 0 Å². The minimum Gasteiger partial charge on any atom is -0.505 e. The van der Waals surface area contributed by atoms with E-state index in [1.54, 1.807) is 7.11 Å². The van der Waals surface area contributed by atoms with Crippen LogP contribution in [0.15, 0.2) is 127 Å². The lowest BCUT2D eigenvalue weighted by Gasteiger charge is -2.34. The van der Waals surface area contributed by atoms with E-state index < -0.39 is 5.82 Å². The third-order valence-electron chi connectivity index (χ3n) is 17.3. The summed E-state index contributed by atoms with van der Waals surface area (Å²) in [6.07, 6.45) is 5.63. The van der Waals surface area contributed by atoms with E-state index >= 15 is 4.39 Å². The highest BCUT2D eigenvalue weighted by molar-refractivity contribution is 6.11. The molecule has 0 amide bonds. The first kappa shape index (κ1) is 60.4. The topological polar surface area (TPSA) is 78.0 Å². The first-order valence-corrected chi connectivity index (χ1v) is 30.9. The molecule has 0 aliphatic carbocycles. The molecule has 0 bridgehead atoms. The maximum Gasteiger partial charge on any atom is 0.165 e. The van der Waals surface area contributed by atoms with Crippen molar-refractivity contribution in [3.05, 3.63) is 172 Å². The molecule has 0 spiro atoms. The summed E-state index contributed by atoms with van der Waals surface area (Å²) in [4.78, 5) is 0. The van der Waals surface area contributed by atoms with E-state index in [9.17, 15) is 10.2 Å². The van der Waals surface area contributed by atoms with E-state index in [1.165, 1.54) is 28.3 Å². The maximum atomic E-state index is 16.9. The standard InChI is InChI=1S/C77H89FN2O5/c1-17-48-22-27-55-56-28-23-49(18-2)37-65(56)79(64(55)36-48)68-42-52(76(12,13)45-74(6,7)8)40-60(71(68)81)59-44-54(83-16)26-31-70(59)84-32-21-33-85-73-62(34-47(5)35-63(73)78)61-41-53(77(14,15)46-75(9,10)11)43-69(72(61)82)80-66-38-50(19-3)24-29-57(66)58-30-25-51(20-4)39-67(58)80/h22-31,34-44,81-82H,17-21,32-33,45-46H2,1-16H3. The summed E-state index contributed by atoms with van der Waals surface area (Å²) in [6.45, 7) is 33.6. The Morgan fingerprint density at radius 2 is 0.847 bits per heavy atom. The van der Waals surface area contributed by atoms with Gasteiger partial charge >= 0.3 is 0 Å². The SMILES string of the molecule is CCc1ccc2c3ccc(CC)cc3n(-c3cc(C(C)(C)CC(C)(C)C)cc(-c4cc(OC)ccc4OCCCOc4c(F)cc(C)cc4-c4cc(C(C)(C)CC(C)(C)C)cc(-n5c6cc(CC)ccc6c6ccc(CC)cc65)c4O)c3O)c2c1. The summed E-state index contributed by atoms with van der Waals surface area (Å²) in [5, 5.41) is 30.5. The number of fused-ring (bicyclic) bond motifs is 6. The zero-order valence-corrected chi connectivity index (χ0v) is 53.4. The zero-order chi connectivity index (χ0) is 61.1. The highest BCUT2D eigenvalue weighted by Gasteiger charge is 2.33. The van der Waals surface area contributed by atoms with Crippen molar-refractivity contribution in [1.82, 2.24) is 9.13 Å². The molecule has 0 radical (unpaired) electrons. The van der Waals surface area contributed by atoms with E-state index in [-0.39, 0.29) is 52.1 Å². The average Bonchev–Trinajstić information content (AvgIpc) is 3.94. The Hall–Kier alpha value is -7.71. The second kappa shape index (κ2) is 23.3. The number of phenols is 2. The second-order valence-electron chi connectivity index (χ2n) is 27.6. The van der Waals surface area contributed by atoms with Crippen LogP contribution in [0.3, 0.4) is 0 Å². The fourth-order valence-electron chi connectivity index (χ4n) is 13.7. The molecule has 7 nitrogen and oxygen atoms in total. The molecule has 0 unspecified atom stereocenters. The van der Waals surface area contributed by atoms with Gasteiger partial charge in [0.2, 0.25) is 0 Å². The van der Waals surface area contributed by atoms with Gasteiger partial charge < -0.3 is 33.6 Å². The van der Waals surface area contributed by atoms with Crippen LogP contribution in [0.2, 0.25) is 0 Å². The summed E-state index contributed by atoms with van der Waals surface area (Å²) in [6, 6.07) is 44.3. The number of rotatable bonds is 19. The van der Waals surface area contributed by atoms with Gasteiger partial charge in [0.1, 0.15) is 23.0 Å². The number of hydrogen-bond donors (Lipinski definition) is 2. The van der Waals surface area contributed by atoms with Gasteiger partial charge in [-0.05, 0) is 185 Å². The van der Waals surface area contributed by atoms with Crippen LogP contribution in [0.1, 0.15) is 155 Å². The number of aromatic hydroxyl groups is 2. The number of phenolic OH excluding ortho intramolecular Hbond substituents is 2. The highest BCUT2D eigenvalue weighted by Crippen LogP contribution is 2.50. The number of ether oxygens (including phenoxy) is 3. The largest absolute Gasteiger partial charge is 0.505 e. The molecule has 0 atom stereocenters. The van der Waals surface area contributed by atoms with Crippen LogP contribution < -0.4 is 14.2 Å². The monoisotopic (exact) mass is 1140 g/mol. The molecular weight excluding hydrogens is 1050 g/mol.